The van der Waals surface area contributed by atoms with Crippen molar-refractivity contribution in [2.75, 3.05) is 13.2 Å². The lowest BCUT2D eigenvalue weighted by atomic mass is 9.65. The van der Waals surface area contributed by atoms with Crippen LogP contribution in [0.4, 0.5) is 0 Å². The zero-order valence-electron chi connectivity index (χ0n) is 15.5. The molecular weight excluding hydrogens is 344 g/mol. The van der Waals surface area contributed by atoms with Crippen LogP contribution in [-0.4, -0.2) is 55.7 Å². The zero-order valence-corrected chi connectivity index (χ0v) is 15.5. The number of fused-ring (bicyclic) bond motifs is 3. The van der Waals surface area contributed by atoms with Crippen molar-refractivity contribution >= 4 is 17.9 Å². The van der Waals surface area contributed by atoms with Crippen LogP contribution in [0.25, 0.3) is 0 Å². The monoisotopic (exact) mass is 370 g/mol. The Labute approximate surface area is 152 Å². The molecule has 8 nitrogen and oxygen atoms in total. The number of ether oxygens (including phenoxy) is 5. The van der Waals surface area contributed by atoms with Gasteiger partial charge in [-0.3, -0.25) is 14.4 Å². The van der Waals surface area contributed by atoms with E-state index in [0.717, 1.165) is 0 Å². The summed E-state index contributed by atoms with van der Waals surface area (Å²) in [4.78, 5) is 34.5. The normalized spacial score (nSPS) is 35.5. The molecule has 2 heterocycles. The van der Waals surface area contributed by atoms with Gasteiger partial charge in [-0.25, -0.2) is 0 Å². The van der Waals surface area contributed by atoms with Gasteiger partial charge in [-0.15, -0.1) is 6.58 Å². The second-order valence-corrected chi connectivity index (χ2v) is 6.43. The third-order valence-electron chi connectivity index (χ3n) is 4.68. The highest BCUT2D eigenvalue weighted by Crippen LogP contribution is 2.49. The molecule has 0 aromatic heterocycles. The fourth-order valence-electron chi connectivity index (χ4n) is 3.87. The number of rotatable bonds is 7. The van der Waals surface area contributed by atoms with Gasteiger partial charge in [0.1, 0.15) is 18.3 Å². The Bertz CT molecular complexity index is 557. The van der Waals surface area contributed by atoms with Crippen molar-refractivity contribution in [1.29, 1.82) is 0 Å². The lowest BCUT2D eigenvalue weighted by molar-refractivity contribution is -0.337. The lowest BCUT2D eigenvalue weighted by Crippen LogP contribution is -2.68. The van der Waals surface area contributed by atoms with E-state index in [4.69, 9.17) is 23.7 Å². The van der Waals surface area contributed by atoms with Crippen LogP contribution in [0.2, 0.25) is 0 Å². The summed E-state index contributed by atoms with van der Waals surface area (Å²) in [7, 11) is 0. The molecular formula is C18H26O8. The molecule has 0 aromatic carbocycles. The van der Waals surface area contributed by atoms with Crippen LogP contribution in [0, 0.1) is 17.8 Å². The van der Waals surface area contributed by atoms with Gasteiger partial charge in [-0.2, -0.15) is 0 Å². The first kappa shape index (κ1) is 20.4. The van der Waals surface area contributed by atoms with Gasteiger partial charge in [0.15, 0.2) is 6.29 Å². The van der Waals surface area contributed by atoms with Crippen LogP contribution in [0.1, 0.15) is 27.7 Å². The highest BCUT2D eigenvalue weighted by Gasteiger charge is 2.61. The van der Waals surface area contributed by atoms with Gasteiger partial charge in [-0.05, 0) is 6.92 Å². The molecule has 3 fully saturated rings. The Morgan fingerprint density at radius 2 is 1.65 bits per heavy atom. The van der Waals surface area contributed by atoms with Crippen molar-refractivity contribution < 1.29 is 38.1 Å². The fraction of sp³-hybridized carbons (Fsp3) is 0.722. The number of carbonyl (C=O) groups excluding carboxylic acids is 3. The summed E-state index contributed by atoms with van der Waals surface area (Å²) < 4.78 is 27.8. The van der Waals surface area contributed by atoms with E-state index in [0.29, 0.717) is 6.61 Å². The van der Waals surface area contributed by atoms with Gasteiger partial charge in [-0.1, -0.05) is 6.08 Å². The quantitative estimate of drug-likeness (QED) is 0.375. The molecule has 0 spiro atoms. The van der Waals surface area contributed by atoms with Crippen LogP contribution in [0.15, 0.2) is 12.7 Å². The van der Waals surface area contributed by atoms with Crippen molar-refractivity contribution in [2.45, 2.75) is 52.3 Å². The van der Waals surface area contributed by atoms with Gasteiger partial charge < -0.3 is 23.7 Å². The predicted molar refractivity (Wildman–Crippen MR) is 88.7 cm³/mol. The van der Waals surface area contributed by atoms with E-state index in [1.165, 1.54) is 20.8 Å². The predicted octanol–water partition coefficient (Wildman–Crippen LogP) is 1.22. The molecule has 0 aromatic rings. The van der Waals surface area contributed by atoms with Crippen molar-refractivity contribution in [3.8, 4) is 0 Å². The lowest BCUT2D eigenvalue weighted by Gasteiger charge is -2.56. The Hall–Kier alpha value is -1.93. The van der Waals surface area contributed by atoms with E-state index in [1.54, 1.807) is 6.08 Å². The molecule has 2 saturated heterocycles. The molecule has 0 radical (unpaired) electrons. The van der Waals surface area contributed by atoms with Crippen LogP contribution in [0.3, 0.4) is 0 Å². The van der Waals surface area contributed by atoms with Crippen LogP contribution in [0.5, 0.6) is 0 Å². The summed E-state index contributed by atoms with van der Waals surface area (Å²) in [6, 6.07) is 0. The first-order chi connectivity index (χ1) is 12.3. The second-order valence-electron chi connectivity index (χ2n) is 6.43. The second kappa shape index (κ2) is 8.64. The maximum Gasteiger partial charge on any atom is 0.303 e. The smallest absolute Gasteiger partial charge is 0.303 e. The number of esters is 3. The van der Waals surface area contributed by atoms with E-state index >= 15 is 0 Å². The molecule has 1 saturated carbocycles. The fourth-order valence-corrected chi connectivity index (χ4v) is 3.87. The number of hydrogen-bond acceptors (Lipinski definition) is 8. The Kier molecular flexibility index (Phi) is 6.77. The zero-order chi connectivity index (χ0) is 19.4. The highest BCUT2D eigenvalue weighted by molar-refractivity contribution is 5.67. The van der Waals surface area contributed by atoms with E-state index in [9.17, 15) is 14.4 Å². The molecule has 1 aliphatic carbocycles. The maximum atomic E-state index is 11.6. The van der Waals surface area contributed by atoms with E-state index in [-0.39, 0.29) is 24.4 Å². The molecule has 0 amide bonds. The van der Waals surface area contributed by atoms with Crippen LogP contribution in [-0.2, 0) is 38.1 Å². The summed E-state index contributed by atoms with van der Waals surface area (Å²) in [5.41, 5.74) is 0. The first-order valence-corrected chi connectivity index (χ1v) is 8.67. The molecule has 2 bridgehead atoms. The van der Waals surface area contributed by atoms with Gasteiger partial charge in [0.05, 0.1) is 6.61 Å². The number of hydrogen-bond donors (Lipinski definition) is 0. The summed E-state index contributed by atoms with van der Waals surface area (Å²) in [6.45, 7) is 10.0. The Morgan fingerprint density at radius 3 is 2.15 bits per heavy atom. The molecule has 26 heavy (non-hydrogen) atoms. The molecule has 8 heteroatoms. The summed E-state index contributed by atoms with van der Waals surface area (Å²) >= 11 is 0. The van der Waals surface area contributed by atoms with Crippen LogP contribution >= 0.6 is 0 Å². The average Bonchev–Trinajstić information content (AvgIpc) is 2.54. The van der Waals surface area contributed by atoms with Crippen LogP contribution < -0.4 is 0 Å². The van der Waals surface area contributed by atoms with Crippen molar-refractivity contribution in [3.05, 3.63) is 12.7 Å². The summed E-state index contributed by atoms with van der Waals surface area (Å²) in [5, 5.41) is 0. The Morgan fingerprint density at radius 1 is 1.04 bits per heavy atom. The van der Waals surface area contributed by atoms with Gasteiger partial charge in [0.2, 0.25) is 0 Å². The molecule has 3 aliphatic rings. The minimum absolute atomic E-state index is 0.0402. The van der Waals surface area contributed by atoms with E-state index < -0.39 is 42.5 Å². The first-order valence-electron chi connectivity index (χ1n) is 8.67. The molecule has 0 N–H and O–H groups in total. The highest BCUT2D eigenvalue weighted by atomic mass is 16.7. The maximum absolute atomic E-state index is 11.6. The van der Waals surface area contributed by atoms with Crippen molar-refractivity contribution in [2.24, 2.45) is 17.8 Å². The number of carbonyl (C=O) groups is 3. The van der Waals surface area contributed by atoms with Gasteiger partial charge in [0.25, 0.3) is 0 Å². The molecule has 3 rings (SSSR count). The minimum Gasteiger partial charge on any atom is -0.465 e. The van der Waals surface area contributed by atoms with E-state index in [2.05, 4.69) is 6.58 Å². The average molecular weight is 370 g/mol. The topological polar surface area (TPSA) is 97.4 Å². The molecule has 146 valence electrons. The molecule has 2 aliphatic heterocycles. The molecule has 7 atom stereocenters. The van der Waals surface area contributed by atoms with Gasteiger partial charge in [0, 0.05) is 45.1 Å². The third-order valence-corrected chi connectivity index (χ3v) is 4.68. The van der Waals surface area contributed by atoms with Gasteiger partial charge >= 0.3 is 17.9 Å². The Balaban J connectivity index is 2.40. The largest absolute Gasteiger partial charge is 0.465 e. The third kappa shape index (κ3) is 4.24. The SMILES string of the molecule is C=C[C@H]1[C@H](OC(C)=O)[C@H]2O[C@H](OCC)[C@@H]1[C@H](COC(C)=O)[C@@H]2OC(C)=O. The van der Waals surface area contributed by atoms with E-state index in [1.807, 2.05) is 6.92 Å². The summed E-state index contributed by atoms with van der Waals surface area (Å²) in [6.07, 6.45) is -1.05. The standard InChI is InChI=1S/C18H26O8/c1-6-12-14-13(8-23-9(3)19)16(25-11(5)21)17(15(12)24-10(4)20)26-18(14)22-7-2/h6,12-18H,1,7-8H2,2-5H3/t12-,13+,14+,15+,16+,17-,18+/m1/s1. The minimum atomic E-state index is -0.743. The summed E-state index contributed by atoms with van der Waals surface area (Å²) in [5.74, 6) is -2.42. The molecule has 0 unspecified atom stereocenters. The van der Waals surface area contributed by atoms with Crippen molar-refractivity contribution in [3.63, 3.8) is 0 Å². The van der Waals surface area contributed by atoms with Crippen molar-refractivity contribution in [1.82, 2.24) is 0 Å².